The average molecular weight is 326 g/mol. The van der Waals surface area contributed by atoms with Crippen LogP contribution in [0, 0.1) is 0 Å². The second kappa shape index (κ2) is 5.19. The van der Waals surface area contributed by atoms with E-state index in [1.165, 1.54) is 18.0 Å². The third-order valence-corrected chi connectivity index (χ3v) is 4.06. The number of hydrogen-bond donors (Lipinski definition) is 2. The number of nitrogens with one attached hydrogen (secondary N) is 1. The monoisotopic (exact) mass is 326 g/mol. The van der Waals surface area contributed by atoms with E-state index in [1.54, 1.807) is 18.2 Å². The van der Waals surface area contributed by atoms with Gasteiger partial charge in [0.25, 0.3) is 5.91 Å². The van der Waals surface area contributed by atoms with Gasteiger partial charge < -0.3 is 15.2 Å². The minimum Gasteiger partial charge on any atom is -0.505 e. The minimum absolute atomic E-state index is 0.128. The Balaban J connectivity index is 2.04. The number of aromatic nitrogens is 3. The van der Waals surface area contributed by atoms with Crippen molar-refractivity contribution in [3.63, 3.8) is 0 Å². The molecule has 1 saturated carbocycles. The number of aromatic hydroxyl groups is 1. The van der Waals surface area contributed by atoms with Crippen LogP contribution in [0.3, 0.4) is 0 Å². The third-order valence-electron chi connectivity index (χ3n) is 4.06. The second-order valence-corrected chi connectivity index (χ2v) is 5.66. The molecular formula is C16H14N4O4. The number of amides is 1. The fourth-order valence-corrected chi connectivity index (χ4v) is 2.75. The average Bonchev–Trinajstić information content (AvgIpc) is 3.27. The first kappa shape index (κ1) is 14.4. The van der Waals surface area contributed by atoms with Crippen molar-refractivity contribution in [2.24, 2.45) is 0 Å². The summed E-state index contributed by atoms with van der Waals surface area (Å²) >= 11 is 0. The van der Waals surface area contributed by atoms with Gasteiger partial charge in [-0.05, 0) is 18.9 Å². The van der Waals surface area contributed by atoms with Gasteiger partial charge in [0.2, 0.25) is 0 Å². The van der Waals surface area contributed by atoms with E-state index in [-0.39, 0.29) is 23.4 Å². The van der Waals surface area contributed by atoms with Crippen LogP contribution in [0.1, 0.15) is 33.7 Å². The zero-order chi connectivity index (χ0) is 16.8. The van der Waals surface area contributed by atoms with Gasteiger partial charge >= 0.3 is 5.97 Å². The lowest BCUT2D eigenvalue weighted by atomic mass is 10.0. The lowest BCUT2D eigenvalue weighted by Crippen LogP contribution is -2.25. The van der Waals surface area contributed by atoms with Gasteiger partial charge in [0.1, 0.15) is 6.33 Å². The number of carbonyl (C=O) groups excluding carboxylic acids is 2. The van der Waals surface area contributed by atoms with E-state index in [0.717, 1.165) is 12.8 Å². The summed E-state index contributed by atoms with van der Waals surface area (Å²) in [5.41, 5.74) is 0.561. The molecule has 4 rings (SSSR count). The minimum atomic E-state index is -0.738. The Labute approximate surface area is 136 Å². The van der Waals surface area contributed by atoms with Gasteiger partial charge in [0, 0.05) is 16.8 Å². The highest BCUT2D eigenvalue weighted by Gasteiger charge is 2.27. The number of ether oxygens (including phenoxy) is 1. The number of esters is 1. The third kappa shape index (κ3) is 2.07. The number of methoxy groups -OCH3 is 1. The molecular weight excluding hydrogens is 312 g/mol. The summed E-state index contributed by atoms with van der Waals surface area (Å²) in [5, 5.41) is 18.2. The van der Waals surface area contributed by atoms with Gasteiger partial charge in [-0.3, -0.25) is 4.79 Å². The van der Waals surface area contributed by atoms with Crippen LogP contribution >= 0.6 is 0 Å². The topological polar surface area (TPSA) is 106 Å². The number of fused-ring (bicyclic) bond motifs is 3. The lowest BCUT2D eigenvalue weighted by Gasteiger charge is -2.12. The van der Waals surface area contributed by atoms with Gasteiger partial charge in [-0.25, -0.2) is 14.3 Å². The summed E-state index contributed by atoms with van der Waals surface area (Å²) in [5.74, 6) is -1.27. The Morgan fingerprint density at radius 1 is 1.38 bits per heavy atom. The molecule has 1 aliphatic rings. The SMILES string of the molecule is COC(=O)c1c(O)c2cccc(C(=O)NC3CC3)c2c2ncnn12. The Morgan fingerprint density at radius 3 is 2.88 bits per heavy atom. The summed E-state index contributed by atoms with van der Waals surface area (Å²) in [6.45, 7) is 0. The van der Waals surface area contributed by atoms with Crippen molar-refractivity contribution >= 4 is 28.3 Å². The molecule has 0 radical (unpaired) electrons. The number of carbonyl (C=O) groups is 2. The maximum Gasteiger partial charge on any atom is 0.360 e. The van der Waals surface area contributed by atoms with Crippen molar-refractivity contribution in [1.82, 2.24) is 19.9 Å². The quantitative estimate of drug-likeness (QED) is 0.702. The van der Waals surface area contributed by atoms with Gasteiger partial charge in [0.05, 0.1) is 12.7 Å². The van der Waals surface area contributed by atoms with Crippen molar-refractivity contribution in [1.29, 1.82) is 0 Å². The molecule has 0 aliphatic heterocycles. The number of nitrogens with zero attached hydrogens (tertiary/aromatic N) is 3. The van der Waals surface area contributed by atoms with E-state index in [0.29, 0.717) is 22.0 Å². The molecule has 0 unspecified atom stereocenters. The van der Waals surface area contributed by atoms with Gasteiger partial charge in [0.15, 0.2) is 17.1 Å². The molecule has 8 nitrogen and oxygen atoms in total. The normalized spacial score (nSPS) is 14.0. The fourth-order valence-electron chi connectivity index (χ4n) is 2.75. The van der Waals surface area contributed by atoms with Crippen LogP contribution in [0.4, 0.5) is 0 Å². The summed E-state index contributed by atoms with van der Waals surface area (Å²) in [7, 11) is 1.22. The van der Waals surface area contributed by atoms with Crippen molar-refractivity contribution in [3.8, 4) is 5.75 Å². The van der Waals surface area contributed by atoms with E-state index in [9.17, 15) is 14.7 Å². The molecule has 1 fully saturated rings. The summed E-state index contributed by atoms with van der Waals surface area (Å²) in [6, 6.07) is 5.13. The summed E-state index contributed by atoms with van der Waals surface area (Å²) in [6.07, 6.45) is 3.19. The number of benzene rings is 1. The largest absolute Gasteiger partial charge is 0.505 e. The van der Waals surface area contributed by atoms with E-state index in [1.807, 2.05) is 0 Å². The molecule has 3 aromatic rings. The first-order chi connectivity index (χ1) is 11.6. The Bertz CT molecular complexity index is 991. The van der Waals surface area contributed by atoms with Crippen molar-refractivity contribution < 1.29 is 19.4 Å². The molecule has 1 amide bonds. The summed E-state index contributed by atoms with van der Waals surface area (Å²) < 4.78 is 5.91. The Morgan fingerprint density at radius 2 is 2.17 bits per heavy atom. The predicted molar refractivity (Wildman–Crippen MR) is 84.0 cm³/mol. The first-order valence-electron chi connectivity index (χ1n) is 7.48. The molecule has 24 heavy (non-hydrogen) atoms. The van der Waals surface area contributed by atoms with Gasteiger partial charge in [-0.15, -0.1) is 0 Å². The van der Waals surface area contributed by atoms with E-state index in [4.69, 9.17) is 4.74 Å². The Hall–Kier alpha value is -3.16. The van der Waals surface area contributed by atoms with Crippen LogP contribution in [0.25, 0.3) is 16.4 Å². The highest BCUT2D eigenvalue weighted by molar-refractivity contribution is 6.15. The molecule has 0 bridgehead atoms. The number of pyridine rings is 1. The predicted octanol–water partition coefficient (Wildman–Crippen LogP) is 1.27. The van der Waals surface area contributed by atoms with Crippen LogP contribution in [-0.4, -0.2) is 44.7 Å². The second-order valence-electron chi connectivity index (χ2n) is 5.66. The zero-order valence-electron chi connectivity index (χ0n) is 12.8. The maximum absolute atomic E-state index is 12.5. The molecule has 2 N–H and O–H groups in total. The van der Waals surface area contributed by atoms with Crippen LogP contribution in [0.5, 0.6) is 5.75 Å². The van der Waals surface area contributed by atoms with Crippen LogP contribution in [0.15, 0.2) is 24.5 Å². The van der Waals surface area contributed by atoms with E-state index >= 15 is 0 Å². The molecule has 0 spiro atoms. The molecule has 2 heterocycles. The fraction of sp³-hybridized carbons (Fsp3) is 0.250. The zero-order valence-corrected chi connectivity index (χ0v) is 12.8. The highest BCUT2D eigenvalue weighted by atomic mass is 16.5. The van der Waals surface area contributed by atoms with Gasteiger partial charge in [-0.1, -0.05) is 12.1 Å². The smallest absolute Gasteiger partial charge is 0.360 e. The highest BCUT2D eigenvalue weighted by Crippen LogP contribution is 2.34. The Kier molecular flexibility index (Phi) is 3.12. The molecule has 1 aromatic carbocycles. The first-order valence-corrected chi connectivity index (χ1v) is 7.48. The number of rotatable bonds is 3. The molecule has 0 saturated heterocycles. The van der Waals surface area contributed by atoms with E-state index in [2.05, 4.69) is 15.4 Å². The number of hydrogen-bond acceptors (Lipinski definition) is 6. The van der Waals surface area contributed by atoms with Crippen molar-refractivity contribution in [2.45, 2.75) is 18.9 Å². The summed E-state index contributed by atoms with van der Waals surface area (Å²) in [4.78, 5) is 28.7. The maximum atomic E-state index is 12.5. The molecule has 122 valence electrons. The van der Waals surface area contributed by atoms with Crippen molar-refractivity contribution in [3.05, 3.63) is 35.8 Å². The van der Waals surface area contributed by atoms with Crippen molar-refractivity contribution in [2.75, 3.05) is 7.11 Å². The van der Waals surface area contributed by atoms with E-state index < -0.39 is 5.97 Å². The van der Waals surface area contributed by atoms with Gasteiger partial charge in [-0.2, -0.15) is 5.10 Å². The standard InChI is InChI=1S/C16H14N4O4/c1-24-16(23)12-13(21)9-3-2-4-10(15(22)19-8-5-6-8)11(9)14-17-7-18-20(12)14/h2-4,7-8,21H,5-6H2,1H3,(H,19,22). The molecule has 8 heteroatoms. The molecule has 0 atom stereocenters. The van der Waals surface area contributed by atoms with Crippen LogP contribution in [0.2, 0.25) is 0 Å². The lowest BCUT2D eigenvalue weighted by molar-refractivity contribution is 0.0587. The molecule has 2 aromatic heterocycles. The molecule has 1 aliphatic carbocycles. The van der Waals surface area contributed by atoms with Crippen LogP contribution in [-0.2, 0) is 4.74 Å². The van der Waals surface area contributed by atoms with Crippen LogP contribution < -0.4 is 5.32 Å².